The summed E-state index contributed by atoms with van der Waals surface area (Å²) in [6.07, 6.45) is 12.0. The number of hydrogen-bond acceptors (Lipinski definition) is 11. The molecule has 0 spiro atoms. The highest BCUT2D eigenvalue weighted by Crippen LogP contribution is 2.20. The highest BCUT2D eigenvalue weighted by atomic mass is 79.9. The summed E-state index contributed by atoms with van der Waals surface area (Å²) in [6.45, 7) is 7.51. The first kappa shape index (κ1) is 51.4. The largest absolute Gasteiger partial charge is 0.370 e. The van der Waals surface area contributed by atoms with Crippen LogP contribution in [-0.2, 0) is 6.42 Å². The summed E-state index contributed by atoms with van der Waals surface area (Å²) < 4.78 is 0.620. The smallest absolute Gasteiger partial charge is 0.291 e. The van der Waals surface area contributed by atoms with Gasteiger partial charge in [0, 0.05) is 40.8 Å². The molecule has 4 N–H and O–H groups in total. The van der Waals surface area contributed by atoms with Gasteiger partial charge in [-0.3, -0.25) is 45.0 Å². The maximum absolute atomic E-state index is 10.7. The van der Waals surface area contributed by atoms with Crippen molar-refractivity contribution in [2.45, 2.75) is 48.5 Å². The highest BCUT2D eigenvalue weighted by Gasteiger charge is 2.12. The number of aryl methyl sites for hydroxylation is 4. The van der Waals surface area contributed by atoms with Crippen molar-refractivity contribution < 1.29 is 9.85 Å². The van der Waals surface area contributed by atoms with E-state index in [9.17, 15) is 20.2 Å². The van der Waals surface area contributed by atoms with E-state index < -0.39 is 9.85 Å². The number of aromatic nitrogens is 3. The third-order valence-electron chi connectivity index (χ3n) is 5.95. The molecule has 52 heavy (non-hydrogen) atoms. The summed E-state index contributed by atoms with van der Waals surface area (Å²) in [7, 11) is 11.8. The Morgan fingerprint density at radius 2 is 1.35 bits per heavy atom. The number of terminal acetylenes is 1. The number of hydrogen-bond donors (Lipinski definition) is 2. The molecule has 0 aromatic carbocycles. The van der Waals surface area contributed by atoms with E-state index in [2.05, 4.69) is 72.6 Å². The highest BCUT2D eigenvalue weighted by molar-refractivity contribution is 9.10. The van der Waals surface area contributed by atoms with Gasteiger partial charge >= 0.3 is 0 Å². The quantitative estimate of drug-likeness (QED) is 0.0908. The monoisotopic (exact) mass is 785 g/mol. The Morgan fingerprint density at radius 3 is 1.79 bits per heavy atom. The Balaban J connectivity index is -0.000000641. The molecule has 0 atom stereocenters. The van der Waals surface area contributed by atoms with Crippen LogP contribution in [0.15, 0.2) is 46.3 Å². The Labute approximate surface area is 318 Å². The first-order valence-electron chi connectivity index (χ1n) is 15.2. The number of guanidine groups is 1. The van der Waals surface area contributed by atoms with E-state index >= 15 is 0 Å². The molecule has 0 saturated heterocycles. The molecule has 16 heteroatoms. The van der Waals surface area contributed by atoms with E-state index in [1.54, 1.807) is 20.0 Å². The van der Waals surface area contributed by atoms with Gasteiger partial charge in [0.25, 0.3) is 11.4 Å². The van der Waals surface area contributed by atoms with Gasteiger partial charge in [0.2, 0.25) is 0 Å². The summed E-state index contributed by atoms with van der Waals surface area (Å²) in [6, 6.07) is 4.88. The number of nitrogens with two attached hydrogens (primary N) is 2. The predicted molar refractivity (Wildman–Crippen MR) is 217 cm³/mol. The van der Waals surface area contributed by atoms with Crippen molar-refractivity contribution in [3.8, 4) is 24.2 Å². The molecule has 0 saturated carbocycles. The summed E-state index contributed by atoms with van der Waals surface area (Å²) in [4.78, 5) is 42.2. The molecular formula is C36H56BrN11O4. The van der Waals surface area contributed by atoms with Crippen molar-refractivity contribution in [3.05, 3.63) is 89.7 Å². The third-order valence-corrected chi connectivity index (χ3v) is 6.39. The van der Waals surface area contributed by atoms with E-state index in [-0.39, 0.29) is 32.2 Å². The second-order valence-electron chi connectivity index (χ2n) is 11.5. The number of rotatable bonds is 9. The molecule has 3 aromatic rings. The molecule has 0 unspecified atom stereocenters. The predicted octanol–water partition coefficient (Wildman–Crippen LogP) is 5.51. The van der Waals surface area contributed by atoms with Crippen LogP contribution >= 0.6 is 15.9 Å². The number of nitro groups is 2. The van der Waals surface area contributed by atoms with Crippen LogP contribution in [0, 0.1) is 65.2 Å². The second kappa shape index (κ2) is 27.7. The minimum Gasteiger partial charge on any atom is -0.370 e. The van der Waals surface area contributed by atoms with Gasteiger partial charge < -0.3 is 16.4 Å². The molecule has 15 nitrogen and oxygen atoms in total. The fourth-order valence-electron chi connectivity index (χ4n) is 3.49. The zero-order chi connectivity index (χ0) is 38.4. The molecular weight excluding hydrogens is 730 g/mol. The van der Waals surface area contributed by atoms with Gasteiger partial charge in [0.05, 0.1) is 34.3 Å². The van der Waals surface area contributed by atoms with Crippen molar-refractivity contribution in [1.82, 2.24) is 29.7 Å². The molecule has 0 bridgehead atoms. The molecule has 0 amide bonds. The van der Waals surface area contributed by atoms with Gasteiger partial charge in [-0.1, -0.05) is 32.6 Å². The Hall–Kier alpha value is -5.00. The van der Waals surface area contributed by atoms with E-state index in [0.717, 1.165) is 42.9 Å². The average Bonchev–Trinajstić information content (AvgIpc) is 3.01. The van der Waals surface area contributed by atoms with E-state index in [4.69, 9.17) is 17.9 Å². The minimum atomic E-state index is -0.451. The summed E-state index contributed by atoms with van der Waals surface area (Å²) in [5.41, 5.74) is 15.0. The van der Waals surface area contributed by atoms with Gasteiger partial charge in [-0.05, 0) is 110 Å². The summed E-state index contributed by atoms with van der Waals surface area (Å²) in [5.74, 6) is 8.30. The fourth-order valence-corrected chi connectivity index (χ4v) is 3.81. The lowest BCUT2D eigenvalue weighted by Gasteiger charge is -2.09. The van der Waals surface area contributed by atoms with Gasteiger partial charge in [0.15, 0.2) is 5.96 Å². The molecule has 0 aliphatic carbocycles. The van der Waals surface area contributed by atoms with Crippen LogP contribution in [0.5, 0.6) is 0 Å². The standard InChI is InChI=1S/C12H21N5.C11H13N3O2.C6H5BrN2O2.C5H9N.2CH4/c1-9-11(16-12(13)14)7-10(8-15-9)5-4-6-17(2)3;1-9-11(14(15)16)7-10(8-12-9)5-4-6-13(2)3;1-4-6(9(10)11)2-5(7)3-8-4;1-4-5-6(2)3;;/h7-8H,4-6H2,1-3H3,(H4,13,14,16);7-8H,6H2,1-3H3;2-3H,1H3;1H,5H2,2-3H3;2*1H4. The number of aliphatic imine (C=N–C) groups is 1. The van der Waals surface area contributed by atoms with Crippen LogP contribution in [0.25, 0.3) is 0 Å². The van der Waals surface area contributed by atoms with Gasteiger partial charge in [-0.15, -0.1) is 6.42 Å². The molecule has 0 aliphatic rings. The summed E-state index contributed by atoms with van der Waals surface area (Å²) >= 11 is 3.10. The lowest BCUT2D eigenvalue weighted by Crippen LogP contribution is -2.22. The Morgan fingerprint density at radius 1 is 0.827 bits per heavy atom. The van der Waals surface area contributed by atoms with Crippen LogP contribution in [0.1, 0.15) is 49.5 Å². The first-order valence-corrected chi connectivity index (χ1v) is 16.0. The van der Waals surface area contributed by atoms with Crippen molar-refractivity contribution >= 4 is 39.0 Å². The molecule has 286 valence electrons. The maximum atomic E-state index is 10.7. The van der Waals surface area contributed by atoms with E-state index in [0.29, 0.717) is 28.0 Å². The lowest BCUT2D eigenvalue weighted by molar-refractivity contribution is -0.385. The van der Waals surface area contributed by atoms with Crippen molar-refractivity contribution in [1.29, 1.82) is 0 Å². The van der Waals surface area contributed by atoms with Crippen LogP contribution in [0.2, 0.25) is 0 Å². The molecule has 3 rings (SSSR count). The maximum Gasteiger partial charge on any atom is 0.291 e. The molecule has 3 aromatic heterocycles. The Bertz CT molecular complexity index is 1670. The van der Waals surface area contributed by atoms with Crippen molar-refractivity contribution in [2.24, 2.45) is 16.5 Å². The fraction of sp³-hybridized carbons (Fsp3) is 0.444. The SMILES string of the molecule is C.C.C#CCN(C)C.Cc1ncc(Br)cc1[N+](=O)[O-].Cc1ncc(C#CCN(C)C)cc1[N+](=O)[O-].Cc1ncc(CCCN(C)C)cc1N=C(N)N. The van der Waals surface area contributed by atoms with Crippen LogP contribution in [0.3, 0.4) is 0 Å². The van der Waals surface area contributed by atoms with E-state index in [1.807, 2.05) is 57.2 Å². The van der Waals surface area contributed by atoms with Gasteiger partial charge in [-0.2, -0.15) is 0 Å². The Kier molecular flexibility index (Phi) is 27.4. The summed E-state index contributed by atoms with van der Waals surface area (Å²) in [5, 5.41) is 21.0. The van der Waals surface area contributed by atoms with Gasteiger partial charge in [0.1, 0.15) is 11.4 Å². The van der Waals surface area contributed by atoms with Crippen LogP contribution < -0.4 is 11.5 Å². The number of pyridine rings is 3. The van der Waals surface area contributed by atoms with Crippen molar-refractivity contribution in [3.63, 3.8) is 0 Å². The molecule has 0 fully saturated rings. The molecule has 0 radical (unpaired) electrons. The zero-order valence-electron chi connectivity index (χ0n) is 30.3. The normalized spacial score (nSPS) is 9.46. The third kappa shape index (κ3) is 23.4. The lowest BCUT2D eigenvalue weighted by atomic mass is 10.1. The zero-order valence-corrected chi connectivity index (χ0v) is 31.9. The topological polar surface area (TPSA) is 199 Å². The number of nitrogens with zero attached hydrogens (tertiary/aromatic N) is 9. The first-order chi connectivity index (χ1) is 23.4. The molecule has 3 heterocycles. The molecule has 0 aliphatic heterocycles. The number of halogens is 1. The van der Waals surface area contributed by atoms with Crippen molar-refractivity contribution in [2.75, 3.05) is 61.9 Å². The van der Waals surface area contributed by atoms with Gasteiger partial charge in [-0.25, -0.2) is 4.99 Å². The van der Waals surface area contributed by atoms with E-state index in [1.165, 1.54) is 18.3 Å². The second-order valence-corrected chi connectivity index (χ2v) is 12.4. The van der Waals surface area contributed by atoms with Crippen LogP contribution in [-0.4, -0.2) is 107 Å². The average molecular weight is 787 g/mol. The van der Waals surface area contributed by atoms with Crippen LogP contribution in [0.4, 0.5) is 17.1 Å². The minimum absolute atomic E-state index is 0.